The summed E-state index contributed by atoms with van der Waals surface area (Å²) in [7, 11) is 3.21. The molecular formula is C25H29N3O3. The largest absolute Gasteiger partial charge is 0.497 e. The summed E-state index contributed by atoms with van der Waals surface area (Å²) in [4.78, 5) is 12.4. The summed E-state index contributed by atoms with van der Waals surface area (Å²) in [5, 5.41) is 7.54. The molecule has 0 aliphatic rings. The van der Waals surface area contributed by atoms with Crippen LogP contribution in [-0.2, 0) is 17.9 Å². The zero-order valence-electron chi connectivity index (χ0n) is 18.7. The highest BCUT2D eigenvalue weighted by molar-refractivity contribution is 5.92. The molecule has 0 saturated heterocycles. The topological polar surface area (TPSA) is 65.4 Å². The minimum Gasteiger partial charge on any atom is -0.497 e. The van der Waals surface area contributed by atoms with E-state index < -0.39 is 0 Å². The molecule has 31 heavy (non-hydrogen) atoms. The van der Waals surface area contributed by atoms with Crippen LogP contribution in [0.25, 0.3) is 6.08 Å². The molecule has 3 rings (SSSR count). The highest BCUT2D eigenvalue weighted by atomic mass is 16.5. The number of benzene rings is 2. The van der Waals surface area contributed by atoms with Gasteiger partial charge in [0.1, 0.15) is 11.5 Å². The van der Waals surface area contributed by atoms with Crippen LogP contribution in [0.2, 0.25) is 0 Å². The summed E-state index contributed by atoms with van der Waals surface area (Å²) < 4.78 is 12.6. The average molecular weight is 420 g/mol. The first-order chi connectivity index (χ1) is 14.9. The average Bonchev–Trinajstić information content (AvgIpc) is 3.04. The Bertz CT molecular complexity index is 1080. The SMILES string of the molecule is COc1ccc(OC)c(CNC(=O)/C=C/c2c(C)nn(Cc3ccc(C)cc3)c2C)c1. The molecule has 0 bridgehead atoms. The fourth-order valence-corrected chi connectivity index (χ4v) is 3.39. The highest BCUT2D eigenvalue weighted by Crippen LogP contribution is 2.23. The van der Waals surface area contributed by atoms with Crippen molar-refractivity contribution in [3.63, 3.8) is 0 Å². The maximum absolute atomic E-state index is 12.4. The predicted octanol–water partition coefficient (Wildman–Crippen LogP) is 4.20. The molecule has 1 amide bonds. The summed E-state index contributed by atoms with van der Waals surface area (Å²) >= 11 is 0. The number of carbonyl (C=O) groups is 1. The second-order valence-electron chi connectivity index (χ2n) is 7.46. The second kappa shape index (κ2) is 9.98. The van der Waals surface area contributed by atoms with Crippen LogP contribution >= 0.6 is 0 Å². The van der Waals surface area contributed by atoms with Gasteiger partial charge in [0.2, 0.25) is 5.91 Å². The van der Waals surface area contributed by atoms with Gasteiger partial charge in [-0.25, -0.2) is 0 Å². The van der Waals surface area contributed by atoms with Crippen LogP contribution in [0, 0.1) is 20.8 Å². The predicted molar refractivity (Wildman–Crippen MR) is 122 cm³/mol. The molecule has 0 unspecified atom stereocenters. The van der Waals surface area contributed by atoms with Gasteiger partial charge in [-0.2, -0.15) is 5.10 Å². The molecule has 0 spiro atoms. The van der Waals surface area contributed by atoms with Crippen molar-refractivity contribution in [3.05, 3.63) is 82.2 Å². The van der Waals surface area contributed by atoms with E-state index in [1.54, 1.807) is 20.3 Å². The van der Waals surface area contributed by atoms with Crippen molar-refractivity contribution in [1.29, 1.82) is 0 Å². The Kier molecular flexibility index (Phi) is 7.13. The molecule has 1 N–H and O–H groups in total. The van der Waals surface area contributed by atoms with Crippen LogP contribution in [0.1, 0.15) is 33.6 Å². The number of ether oxygens (including phenoxy) is 2. The van der Waals surface area contributed by atoms with Crippen molar-refractivity contribution in [2.24, 2.45) is 0 Å². The number of nitrogens with one attached hydrogen (secondary N) is 1. The van der Waals surface area contributed by atoms with E-state index in [4.69, 9.17) is 9.47 Å². The van der Waals surface area contributed by atoms with E-state index in [2.05, 4.69) is 41.6 Å². The first kappa shape index (κ1) is 22.2. The molecule has 1 heterocycles. The third kappa shape index (κ3) is 5.54. The van der Waals surface area contributed by atoms with Crippen LogP contribution in [0.3, 0.4) is 0 Å². The first-order valence-electron chi connectivity index (χ1n) is 10.2. The van der Waals surface area contributed by atoms with E-state index in [-0.39, 0.29) is 5.91 Å². The van der Waals surface area contributed by atoms with Gasteiger partial charge in [-0.05, 0) is 50.6 Å². The quantitative estimate of drug-likeness (QED) is 0.556. The minimum absolute atomic E-state index is 0.185. The highest BCUT2D eigenvalue weighted by Gasteiger charge is 2.11. The lowest BCUT2D eigenvalue weighted by atomic mass is 10.1. The number of nitrogens with zero attached hydrogens (tertiary/aromatic N) is 2. The van der Waals surface area contributed by atoms with Crippen LogP contribution in [0.5, 0.6) is 11.5 Å². The van der Waals surface area contributed by atoms with E-state index in [1.807, 2.05) is 42.8 Å². The molecule has 2 aromatic carbocycles. The third-order valence-electron chi connectivity index (χ3n) is 5.23. The summed E-state index contributed by atoms with van der Waals surface area (Å²) in [6.07, 6.45) is 3.36. The molecule has 0 fully saturated rings. The lowest BCUT2D eigenvalue weighted by molar-refractivity contribution is -0.116. The Hall–Kier alpha value is -3.54. The molecule has 0 saturated carbocycles. The van der Waals surface area contributed by atoms with E-state index in [0.29, 0.717) is 24.6 Å². The zero-order chi connectivity index (χ0) is 22.4. The number of aromatic nitrogens is 2. The second-order valence-corrected chi connectivity index (χ2v) is 7.46. The van der Waals surface area contributed by atoms with Gasteiger partial charge in [0.05, 0.1) is 26.5 Å². The van der Waals surface area contributed by atoms with E-state index >= 15 is 0 Å². The van der Waals surface area contributed by atoms with Gasteiger partial charge in [-0.3, -0.25) is 9.48 Å². The van der Waals surface area contributed by atoms with Gasteiger partial charge in [-0.1, -0.05) is 29.8 Å². The summed E-state index contributed by atoms with van der Waals surface area (Å²) in [6.45, 7) is 7.09. The molecule has 1 aromatic heterocycles. The standard InChI is InChI=1S/C25H29N3O3/c1-17-6-8-20(9-7-17)16-28-19(3)23(18(2)27-28)11-13-25(29)26-15-21-14-22(30-4)10-12-24(21)31-5/h6-14H,15-16H2,1-5H3,(H,26,29)/b13-11+. The van der Waals surface area contributed by atoms with Gasteiger partial charge < -0.3 is 14.8 Å². The smallest absolute Gasteiger partial charge is 0.244 e. The summed E-state index contributed by atoms with van der Waals surface area (Å²) in [6, 6.07) is 13.9. The summed E-state index contributed by atoms with van der Waals surface area (Å²) in [5.74, 6) is 1.23. The number of hydrogen-bond donors (Lipinski definition) is 1. The number of hydrogen-bond acceptors (Lipinski definition) is 4. The molecule has 0 radical (unpaired) electrons. The van der Waals surface area contributed by atoms with Gasteiger partial charge in [0, 0.05) is 29.4 Å². The van der Waals surface area contributed by atoms with Crippen LogP contribution < -0.4 is 14.8 Å². The van der Waals surface area contributed by atoms with Crippen molar-refractivity contribution < 1.29 is 14.3 Å². The lowest BCUT2D eigenvalue weighted by Crippen LogP contribution is -2.20. The maximum atomic E-state index is 12.4. The maximum Gasteiger partial charge on any atom is 0.244 e. The Balaban J connectivity index is 1.67. The zero-order valence-corrected chi connectivity index (χ0v) is 18.7. The van der Waals surface area contributed by atoms with E-state index in [1.165, 1.54) is 11.1 Å². The van der Waals surface area contributed by atoms with Gasteiger partial charge in [0.25, 0.3) is 0 Å². The van der Waals surface area contributed by atoms with Crippen LogP contribution in [-0.4, -0.2) is 29.9 Å². The van der Waals surface area contributed by atoms with Gasteiger partial charge >= 0.3 is 0 Å². The Labute approximate surface area is 183 Å². The monoisotopic (exact) mass is 419 g/mol. The van der Waals surface area contributed by atoms with Crippen molar-refractivity contribution in [3.8, 4) is 11.5 Å². The molecule has 6 heteroatoms. The normalized spacial score (nSPS) is 11.0. The molecule has 3 aromatic rings. The number of aryl methyl sites for hydroxylation is 2. The third-order valence-corrected chi connectivity index (χ3v) is 5.23. The van der Waals surface area contributed by atoms with E-state index in [9.17, 15) is 4.79 Å². The van der Waals surface area contributed by atoms with Crippen LogP contribution in [0.15, 0.2) is 48.5 Å². The van der Waals surface area contributed by atoms with Crippen molar-refractivity contribution in [1.82, 2.24) is 15.1 Å². The molecule has 0 atom stereocenters. The van der Waals surface area contributed by atoms with Crippen LogP contribution in [0.4, 0.5) is 0 Å². The van der Waals surface area contributed by atoms with Crippen molar-refractivity contribution >= 4 is 12.0 Å². The Morgan fingerprint density at radius 3 is 2.48 bits per heavy atom. The van der Waals surface area contributed by atoms with Crippen molar-refractivity contribution in [2.45, 2.75) is 33.9 Å². The minimum atomic E-state index is -0.185. The number of amides is 1. The summed E-state index contributed by atoms with van der Waals surface area (Å²) in [5.41, 5.74) is 6.15. The molecular weight excluding hydrogens is 390 g/mol. The first-order valence-corrected chi connectivity index (χ1v) is 10.2. The Morgan fingerprint density at radius 1 is 1.06 bits per heavy atom. The van der Waals surface area contributed by atoms with Gasteiger partial charge in [0.15, 0.2) is 0 Å². The number of rotatable bonds is 8. The molecule has 162 valence electrons. The molecule has 6 nitrogen and oxygen atoms in total. The molecule has 0 aliphatic carbocycles. The van der Waals surface area contributed by atoms with E-state index in [0.717, 1.165) is 22.5 Å². The van der Waals surface area contributed by atoms with Crippen molar-refractivity contribution in [2.75, 3.05) is 14.2 Å². The fourth-order valence-electron chi connectivity index (χ4n) is 3.39. The van der Waals surface area contributed by atoms with Gasteiger partial charge in [-0.15, -0.1) is 0 Å². The molecule has 0 aliphatic heterocycles. The number of methoxy groups -OCH3 is 2. The number of carbonyl (C=O) groups excluding carboxylic acids is 1. The Morgan fingerprint density at radius 2 is 1.81 bits per heavy atom. The lowest BCUT2D eigenvalue weighted by Gasteiger charge is -2.10. The fraction of sp³-hybridized carbons (Fsp3) is 0.280.